The molecule has 0 atom stereocenters. The van der Waals surface area contributed by atoms with E-state index >= 15 is 0 Å². The summed E-state index contributed by atoms with van der Waals surface area (Å²) in [5.74, 6) is 0. The second kappa shape index (κ2) is 4.87. The molecule has 0 heterocycles. The molecule has 18 heavy (non-hydrogen) atoms. The lowest BCUT2D eigenvalue weighted by molar-refractivity contribution is 0.112. The molecule has 2 N–H and O–H groups in total. The van der Waals surface area contributed by atoms with Crippen LogP contribution in [0, 0.1) is 6.92 Å². The Balaban J connectivity index is 2.55. The van der Waals surface area contributed by atoms with Crippen molar-refractivity contribution in [3.63, 3.8) is 0 Å². The molecule has 2 rings (SSSR count). The van der Waals surface area contributed by atoms with Crippen LogP contribution in [0.1, 0.15) is 15.9 Å². The molecule has 0 aliphatic rings. The van der Waals surface area contributed by atoms with E-state index in [0.29, 0.717) is 11.3 Å². The summed E-state index contributed by atoms with van der Waals surface area (Å²) in [6.07, 6.45) is 0.743. The normalized spacial score (nSPS) is 10.1. The van der Waals surface area contributed by atoms with Crippen molar-refractivity contribution in [2.75, 3.05) is 12.4 Å². The van der Waals surface area contributed by atoms with Crippen molar-refractivity contribution in [3.05, 3.63) is 41.5 Å². The van der Waals surface area contributed by atoms with Crippen LogP contribution >= 0.6 is 0 Å². The van der Waals surface area contributed by atoms with E-state index in [1.807, 2.05) is 25.1 Å². The molecule has 0 aliphatic carbocycles. The molecule has 0 aromatic heterocycles. The van der Waals surface area contributed by atoms with E-state index in [4.69, 9.17) is 0 Å². The molecule has 4 heteroatoms. The maximum absolute atomic E-state index is 11.3. The third-order valence-electron chi connectivity index (χ3n) is 2.77. The largest absolute Gasteiger partial charge is 0.341 e. The maximum atomic E-state index is 11.3. The average Bonchev–Trinajstić information content (AvgIpc) is 2.38. The molecular formula is C14H14N2O2. The van der Waals surface area contributed by atoms with Gasteiger partial charge in [0, 0.05) is 12.6 Å². The number of benzene rings is 2. The van der Waals surface area contributed by atoms with Crippen molar-refractivity contribution in [2.24, 2.45) is 0 Å². The van der Waals surface area contributed by atoms with Crippen molar-refractivity contribution >= 4 is 28.8 Å². The Hall–Kier alpha value is -2.36. The number of anilines is 1. The number of hydrogen-bond acceptors (Lipinski definition) is 2. The highest BCUT2D eigenvalue weighted by Crippen LogP contribution is 2.24. The number of hydrogen-bond donors (Lipinski definition) is 2. The van der Waals surface area contributed by atoms with Gasteiger partial charge in [0.2, 0.25) is 0 Å². The van der Waals surface area contributed by atoms with E-state index in [0.717, 1.165) is 22.6 Å². The number of carbonyl (C=O) groups is 2. The molecule has 2 aromatic rings. The third kappa shape index (κ3) is 2.32. The van der Waals surface area contributed by atoms with Crippen LogP contribution in [-0.4, -0.2) is 19.4 Å². The lowest BCUT2D eigenvalue weighted by atomic mass is 10.0. The van der Waals surface area contributed by atoms with Crippen molar-refractivity contribution < 1.29 is 9.59 Å². The Labute approximate surface area is 105 Å². The molecule has 0 saturated heterocycles. The summed E-state index contributed by atoms with van der Waals surface area (Å²) in [4.78, 5) is 22.4. The Morgan fingerprint density at radius 1 is 1.17 bits per heavy atom. The number of urea groups is 1. The van der Waals surface area contributed by atoms with Gasteiger partial charge in [-0.05, 0) is 29.8 Å². The van der Waals surface area contributed by atoms with Crippen LogP contribution in [-0.2, 0) is 0 Å². The molecule has 0 saturated carbocycles. The number of amides is 2. The molecular weight excluding hydrogens is 228 g/mol. The van der Waals surface area contributed by atoms with Crippen LogP contribution in [0.15, 0.2) is 30.3 Å². The minimum absolute atomic E-state index is 0.343. The zero-order valence-electron chi connectivity index (χ0n) is 10.3. The fraction of sp³-hybridized carbons (Fsp3) is 0.143. The van der Waals surface area contributed by atoms with Gasteiger partial charge in [-0.25, -0.2) is 4.79 Å². The summed E-state index contributed by atoms with van der Waals surface area (Å²) in [5, 5.41) is 7.06. The molecule has 0 bridgehead atoms. The first-order valence-corrected chi connectivity index (χ1v) is 5.62. The molecule has 0 aliphatic heterocycles. The summed E-state index contributed by atoms with van der Waals surface area (Å²) < 4.78 is 0. The first kappa shape index (κ1) is 12.1. The van der Waals surface area contributed by atoms with Crippen LogP contribution < -0.4 is 10.6 Å². The van der Waals surface area contributed by atoms with Crippen molar-refractivity contribution in [2.45, 2.75) is 6.92 Å². The van der Waals surface area contributed by atoms with Gasteiger partial charge in [-0.15, -0.1) is 0 Å². The SMILES string of the molecule is CNC(=O)Nc1cc2ccc(C)cc2cc1C=O. The predicted octanol–water partition coefficient (Wildman–Crippen LogP) is 2.71. The molecule has 0 radical (unpaired) electrons. The highest BCUT2D eigenvalue weighted by Gasteiger charge is 2.07. The first-order valence-electron chi connectivity index (χ1n) is 5.62. The second-order valence-electron chi connectivity index (χ2n) is 4.11. The van der Waals surface area contributed by atoms with Crippen LogP contribution in [0.4, 0.5) is 10.5 Å². The van der Waals surface area contributed by atoms with Gasteiger partial charge in [-0.3, -0.25) is 4.79 Å². The monoisotopic (exact) mass is 242 g/mol. The number of rotatable bonds is 2. The lowest BCUT2D eigenvalue weighted by Crippen LogP contribution is -2.25. The zero-order chi connectivity index (χ0) is 13.1. The van der Waals surface area contributed by atoms with Gasteiger partial charge in [-0.2, -0.15) is 0 Å². The summed E-state index contributed by atoms with van der Waals surface area (Å²) in [6.45, 7) is 2.00. The van der Waals surface area contributed by atoms with Crippen LogP contribution in [0.3, 0.4) is 0 Å². The quantitative estimate of drug-likeness (QED) is 0.795. The summed E-state index contributed by atoms with van der Waals surface area (Å²) in [5.41, 5.74) is 2.11. The Morgan fingerprint density at radius 3 is 2.61 bits per heavy atom. The fourth-order valence-corrected chi connectivity index (χ4v) is 1.83. The number of carbonyl (C=O) groups excluding carboxylic acids is 2. The molecule has 0 spiro atoms. The highest BCUT2D eigenvalue weighted by molar-refractivity contribution is 6.01. The van der Waals surface area contributed by atoms with Gasteiger partial charge in [0.15, 0.2) is 6.29 Å². The highest BCUT2D eigenvalue weighted by atomic mass is 16.2. The topological polar surface area (TPSA) is 58.2 Å². The van der Waals surface area contributed by atoms with Crippen molar-refractivity contribution in [3.8, 4) is 0 Å². The Bertz CT molecular complexity index is 620. The number of aldehydes is 1. The van der Waals surface area contributed by atoms with E-state index < -0.39 is 0 Å². The molecule has 0 unspecified atom stereocenters. The van der Waals surface area contributed by atoms with Crippen molar-refractivity contribution in [1.29, 1.82) is 0 Å². The van der Waals surface area contributed by atoms with E-state index in [9.17, 15) is 9.59 Å². The Kier molecular flexibility index (Phi) is 3.28. The van der Waals surface area contributed by atoms with Gasteiger partial charge < -0.3 is 10.6 Å². The smallest absolute Gasteiger partial charge is 0.318 e. The Morgan fingerprint density at radius 2 is 1.94 bits per heavy atom. The zero-order valence-corrected chi connectivity index (χ0v) is 10.3. The lowest BCUT2D eigenvalue weighted by Gasteiger charge is -2.09. The average molecular weight is 242 g/mol. The predicted molar refractivity (Wildman–Crippen MR) is 72.2 cm³/mol. The van der Waals surface area contributed by atoms with E-state index in [2.05, 4.69) is 10.6 Å². The van der Waals surface area contributed by atoms with Gasteiger partial charge in [-0.1, -0.05) is 23.8 Å². The summed E-state index contributed by atoms with van der Waals surface area (Å²) in [6, 6.07) is 9.20. The van der Waals surface area contributed by atoms with Gasteiger partial charge in [0.1, 0.15) is 0 Å². The van der Waals surface area contributed by atoms with Crippen LogP contribution in [0.5, 0.6) is 0 Å². The summed E-state index contributed by atoms with van der Waals surface area (Å²) >= 11 is 0. The minimum atomic E-state index is -0.343. The molecule has 2 amide bonds. The summed E-state index contributed by atoms with van der Waals surface area (Å²) in [7, 11) is 1.53. The van der Waals surface area contributed by atoms with Crippen LogP contribution in [0.2, 0.25) is 0 Å². The van der Waals surface area contributed by atoms with Gasteiger partial charge in [0.25, 0.3) is 0 Å². The molecule has 0 fully saturated rings. The van der Waals surface area contributed by atoms with Crippen molar-refractivity contribution in [1.82, 2.24) is 5.32 Å². The van der Waals surface area contributed by atoms with E-state index in [1.54, 1.807) is 12.1 Å². The fourth-order valence-electron chi connectivity index (χ4n) is 1.83. The first-order chi connectivity index (χ1) is 8.63. The van der Waals surface area contributed by atoms with Gasteiger partial charge >= 0.3 is 6.03 Å². The number of fused-ring (bicyclic) bond motifs is 1. The minimum Gasteiger partial charge on any atom is -0.341 e. The van der Waals surface area contributed by atoms with E-state index in [-0.39, 0.29) is 6.03 Å². The third-order valence-corrected chi connectivity index (χ3v) is 2.77. The molecule has 2 aromatic carbocycles. The van der Waals surface area contributed by atoms with Gasteiger partial charge in [0.05, 0.1) is 5.69 Å². The van der Waals surface area contributed by atoms with Crippen LogP contribution in [0.25, 0.3) is 10.8 Å². The molecule has 4 nitrogen and oxygen atoms in total. The molecule has 92 valence electrons. The standard InChI is InChI=1S/C14H14N2O2/c1-9-3-4-10-7-13(16-14(18)15-2)12(8-17)6-11(10)5-9/h3-8H,1-2H3,(H2,15,16,18). The van der Waals surface area contributed by atoms with E-state index in [1.165, 1.54) is 7.05 Å². The number of aryl methyl sites for hydroxylation is 1. The maximum Gasteiger partial charge on any atom is 0.318 e. The number of nitrogens with one attached hydrogen (secondary N) is 2. The second-order valence-corrected chi connectivity index (χ2v) is 4.11.